The number of alkyl carbamates (subject to hydrolysis) is 1. The Hall–Kier alpha value is -0.770. The van der Waals surface area contributed by atoms with Gasteiger partial charge in [-0.1, -0.05) is 19.8 Å². The van der Waals surface area contributed by atoms with E-state index in [4.69, 9.17) is 9.47 Å². The van der Waals surface area contributed by atoms with Crippen LogP contribution in [0.2, 0.25) is 0 Å². The molecular weight excluding hydrogens is 254 g/mol. The zero-order valence-corrected chi connectivity index (χ0v) is 13.5. The third-order valence-corrected chi connectivity index (χ3v) is 3.50. The highest BCUT2D eigenvalue weighted by atomic mass is 16.6. The summed E-state index contributed by atoms with van der Waals surface area (Å²) in [5.41, 5.74) is -0.427. The van der Waals surface area contributed by atoms with Crippen LogP contribution in [-0.4, -0.2) is 30.4 Å². The molecule has 0 aromatic rings. The predicted molar refractivity (Wildman–Crippen MR) is 80.9 cm³/mol. The van der Waals surface area contributed by atoms with Crippen LogP contribution in [0.4, 0.5) is 4.79 Å². The summed E-state index contributed by atoms with van der Waals surface area (Å²) >= 11 is 0. The Bertz CT molecular complexity index is 278. The first-order valence-electron chi connectivity index (χ1n) is 8.02. The van der Waals surface area contributed by atoms with Crippen molar-refractivity contribution in [3.05, 3.63) is 0 Å². The maximum atomic E-state index is 11.7. The van der Waals surface area contributed by atoms with Gasteiger partial charge in [-0.05, 0) is 52.9 Å². The summed E-state index contributed by atoms with van der Waals surface area (Å²) in [6, 6.07) is 0.236. The highest BCUT2D eigenvalue weighted by molar-refractivity contribution is 5.68. The topological polar surface area (TPSA) is 47.6 Å². The second-order valence-corrected chi connectivity index (χ2v) is 6.70. The van der Waals surface area contributed by atoms with E-state index in [1.165, 1.54) is 12.8 Å². The van der Waals surface area contributed by atoms with Gasteiger partial charge >= 0.3 is 6.09 Å². The van der Waals surface area contributed by atoms with Crippen molar-refractivity contribution < 1.29 is 14.3 Å². The number of nitrogens with one attached hydrogen (secondary N) is 1. The minimum absolute atomic E-state index is 0.236. The monoisotopic (exact) mass is 285 g/mol. The maximum Gasteiger partial charge on any atom is 0.407 e. The summed E-state index contributed by atoms with van der Waals surface area (Å²) in [5, 5.41) is 2.96. The van der Waals surface area contributed by atoms with Crippen molar-refractivity contribution in [1.29, 1.82) is 0 Å². The van der Waals surface area contributed by atoms with Crippen LogP contribution in [0.15, 0.2) is 0 Å². The third-order valence-electron chi connectivity index (χ3n) is 3.50. The maximum absolute atomic E-state index is 11.7. The van der Waals surface area contributed by atoms with Gasteiger partial charge in [-0.25, -0.2) is 4.79 Å². The molecule has 1 amide bonds. The van der Waals surface area contributed by atoms with Crippen LogP contribution in [0.25, 0.3) is 0 Å². The fraction of sp³-hybridized carbons (Fsp3) is 0.938. The molecule has 4 heteroatoms. The highest BCUT2D eigenvalue weighted by Crippen LogP contribution is 2.22. The molecule has 0 bridgehead atoms. The predicted octanol–water partition coefficient (Wildman–Crippen LogP) is 4.03. The van der Waals surface area contributed by atoms with E-state index in [9.17, 15) is 4.79 Å². The number of rotatable bonds is 6. The Morgan fingerprint density at radius 3 is 2.35 bits per heavy atom. The van der Waals surface area contributed by atoms with Crippen molar-refractivity contribution in [2.45, 2.75) is 90.4 Å². The summed E-state index contributed by atoms with van der Waals surface area (Å²) < 4.78 is 11.2. The van der Waals surface area contributed by atoms with E-state index in [2.05, 4.69) is 12.2 Å². The van der Waals surface area contributed by atoms with Crippen molar-refractivity contribution in [3.8, 4) is 0 Å². The molecule has 1 aliphatic carbocycles. The van der Waals surface area contributed by atoms with Crippen LogP contribution in [0, 0.1) is 0 Å². The Morgan fingerprint density at radius 2 is 1.80 bits per heavy atom. The number of carbonyl (C=O) groups excluding carboxylic acids is 1. The van der Waals surface area contributed by atoms with E-state index in [1.807, 2.05) is 20.8 Å². The molecule has 1 rings (SSSR count). The van der Waals surface area contributed by atoms with Gasteiger partial charge in [-0.3, -0.25) is 0 Å². The van der Waals surface area contributed by atoms with Gasteiger partial charge in [0.05, 0.1) is 6.10 Å². The molecule has 4 nitrogen and oxygen atoms in total. The van der Waals surface area contributed by atoms with Gasteiger partial charge in [0.15, 0.2) is 0 Å². The lowest BCUT2D eigenvalue weighted by Crippen LogP contribution is -2.41. The number of ether oxygens (including phenoxy) is 2. The van der Waals surface area contributed by atoms with Crippen LogP contribution in [-0.2, 0) is 9.47 Å². The molecule has 1 fully saturated rings. The van der Waals surface area contributed by atoms with E-state index in [0.717, 1.165) is 38.7 Å². The largest absolute Gasteiger partial charge is 0.444 e. The standard InChI is InChI=1S/C16H31NO3/c1-5-6-7-12-19-14-10-8-13(9-11-14)17-15(18)20-16(2,3)4/h13-14H,5-12H2,1-4H3,(H,17,18). The third kappa shape index (κ3) is 7.73. The lowest BCUT2D eigenvalue weighted by molar-refractivity contribution is 0.0164. The normalized spacial score (nSPS) is 23.4. The number of hydrogen-bond acceptors (Lipinski definition) is 3. The van der Waals surface area contributed by atoms with Crippen molar-refractivity contribution in [2.75, 3.05) is 6.61 Å². The zero-order valence-electron chi connectivity index (χ0n) is 13.5. The summed E-state index contributed by atoms with van der Waals surface area (Å²) in [6.45, 7) is 8.73. The molecule has 1 aliphatic rings. The van der Waals surface area contributed by atoms with Crippen molar-refractivity contribution in [1.82, 2.24) is 5.32 Å². The average molecular weight is 285 g/mol. The molecule has 0 radical (unpaired) electrons. The minimum Gasteiger partial charge on any atom is -0.444 e. The number of amides is 1. The van der Waals surface area contributed by atoms with Gasteiger partial charge in [0, 0.05) is 12.6 Å². The molecule has 1 saturated carbocycles. The van der Waals surface area contributed by atoms with Crippen LogP contribution in [0.3, 0.4) is 0 Å². The summed E-state index contributed by atoms with van der Waals surface area (Å²) in [4.78, 5) is 11.7. The summed E-state index contributed by atoms with van der Waals surface area (Å²) in [7, 11) is 0. The molecule has 0 unspecified atom stereocenters. The molecule has 0 aliphatic heterocycles. The lowest BCUT2D eigenvalue weighted by Gasteiger charge is -2.30. The quantitative estimate of drug-likeness (QED) is 0.750. The fourth-order valence-corrected chi connectivity index (χ4v) is 2.45. The van der Waals surface area contributed by atoms with Gasteiger partial charge in [0.25, 0.3) is 0 Å². The van der Waals surface area contributed by atoms with Gasteiger partial charge in [0.1, 0.15) is 5.60 Å². The van der Waals surface area contributed by atoms with Crippen LogP contribution in [0.1, 0.15) is 72.6 Å². The van der Waals surface area contributed by atoms with Gasteiger partial charge in [-0.15, -0.1) is 0 Å². The van der Waals surface area contributed by atoms with Crippen molar-refractivity contribution >= 4 is 6.09 Å². The first-order chi connectivity index (χ1) is 9.40. The lowest BCUT2D eigenvalue weighted by atomic mass is 9.93. The van der Waals surface area contributed by atoms with Gasteiger partial charge in [-0.2, -0.15) is 0 Å². The van der Waals surface area contributed by atoms with E-state index >= 15 is 0 Å². The van der Waals surface area contributed by atoms with E-state index in [-0.39, 0.29) is 12.1 Å². The second kappa shape index (κ2) is 8.50. The molecule has 20 heavy (non-hydrogen) atoms. The Kier molecular flexibility index (Phi) is 7.35. The SMILES string of the molecule is CCCCCOC1CCC(NC(=O)OC(C)(C)C)CC1. The molecule has 0 heterocycles. The van der Waals surface area contributed by atoms with Crippen LogP contribution in [0.5, 0.6) is 0 Å². The molecule has 0 aromatic heterocycles. The van der Waals surface area contributed by atoms with E-state index in [1.54, 1.807) is 0 Å². The van der Waals surface area contributed by atoms with Crippen LogP contribution < -0.4 is 5.32 Å². The van der Waals surface area contributed by atoms with E-state index in [0.29, 0.717) is 6.10 Å². The zero-order chi connectivity index (χ0) is 15.0. The smallest absolute Gasteiger partial charge is 0.407 e. The average Bonchev–Trinajstić information content (AvgIpc) is 2.34. The first kappa shape index (κ1) is 17.3. The summed E-state index contributed by atoms with van der Waals surface area (Å²) in [6.07, 6.45) is 7.75. The number of carbonyl (C=O) groups is 1. The molecule has 0 atom stereocenters. The second-order valence-electron chi connectivity index (χ2n) is 6.70. The van der Waals surface area contributed by atoms with Crippen LogP contribution >= 0.6 is 0 Å². The molecule has 0 spiro atoms. The van der Waals surface area contributed by atoms with Crippen molar-refractivity contribution in [2.24, 2.45) is 0 Å². The highest BCUT2D eigenvalue weighted by Gasteiger charge is 2.24. The van der Waals surface area contributed by atoms with Gasteiger partial charge in [0.2, 0.25) is 0 Å². The van der Waals surface area contributed by atoms with Crippen molar-refractivity contribution in [3.63, 3.8) is 0 Å². The Morgan fingerprint density at radius 1 is 1.15 bits per heavy atom. The molecule has 0 aromatic carbocycles. The summed E-state index contributed by atoms with van der Waals surface area (Å²) in [5.74, 6) is 0. The number of unbranched alkanes of at least 4 members (excludes halogenated alkanes) is 2. The van der Waals surface area contributed by atoms with E-state index < -0.39 is 5.60 Å². The first-order valence-corrected chi connectivity index (χ1v) is 8.02. The number of hydrogen-bond donors (Lipinski definition) is 1. The fourth-order valence-electron chi connectivity index (χ4n) is 2.45. The molecule has 1 N–H and O–H groups in total. The van der Waals surface area contributed by atoms with Gasteiger partial charge < -0.3 is 14.8 Å². The molecule has 118 valence electrons. The molecule has 0 saturated heterocycles. The minimum atomic E-state index is -0.427. The Labute approximate surface area is 123 Å². The molecular formula is C16H31NO3. The Balaban J connectivity index is 2.14.